The molecule has 1 N–H and O–H groups in total. The van der Waals surface area contributed by atoms with Crippen molar-refractivity contribution in [1.82, 2.24) is 0 Å². The Hall–Kier alpha value is -1.09. The molecule has 1 saturated heterocycles. The van der Waals surface area contributed by atoms with Crippen molar-refractivity contribution in [2.24, 2.45) is 5.92 Å². The van der Waals surface area contributed by atoms with Gasteiger partial charge in [0.2, 0.25) is 0 Å². The Morgan fingerprint density at radius 1 is 1.67 bits per heavy atom. The monoisotopic (exact) mass is 208 g/mol. The van der Waals surface area contributed by atoms with Crippen LogP contribution in [-0.4, -0.2) is 23.3 Å². The first-order valence-corrected chi connectivity index (χ1v) is 5.49. The van der Waals surface area contributed by atoms with E-state index in [1.165, 1.54) is 0 Å². The molecule has 1 fully saturated rings. The van der Waals surface area contributed by atoms with Crippen LogP contribution in [-0.2, 0) is 9.53 Å². The van der Waals surface area contributed by atoms with Gasteiger partial charge in [0.15, 0.2) is 0 Å². The molecule has 3 nitrogen and oxygen atoms in total. The van der Waals surface area contributed by atoms with Gasteiger partial charge in [-0.05, 0) is 12.8 Å². The molecule has 0 amide bonds. The van der Waals surface area contributed by atoms with E-state index < -0.39 is 6.10 Å². The van der Waals surface area contributed by atoms with Crippen LogP contribution in [0.1, 0.15) is 26.2 Å². The molecule has 2 aliphatic rings. The Morgan fingerprint density at radius 3 is 3.20 bits per heavy atom. The van der Waals surface area contributed by atoms with E-state index >= 15 is 0 Å². The lowest BCUT2D eigenvalue weighted by Crippen LogP contribution is -2.31. The number of carbonyl (C=O) groups excluding carboxylic acids is 1. The summed E-state index contributed by atoms with van der Waals surface area (Å²) in [7, 11) is 0. The molecule has 0 saturated carbocycles. The highest BCUT2D eigenvalue weighted by Crippen LogP contribution is 2.35. The summed E-state index contributed by atoms with van der Waals surface area (Å²) in [5, 5.41) is 9.88. The smallest absolute Gasteiger partial charge is 0.334 e. The van der Waals surface area contributed by atoms with Gasteiger partial charge >= 0.3 is 5.97 Å². The Labute approximate surface area is 89.4 Å². The average molecular weight is 208 g/mol. The van der Waals surface area contributed by atoms with Crippen LogP contribution >= 0.6 is 0 Å². The van der Waals surface area contributed by atoms with Crippen LogP contribution in [0, 0.1) is 5.92 Å². The Bertz CT molecular complexity index is 317. The van der Waals surface area contributed by atoms with Crippen LogP contribution in [0.5, 0.6) is 0 Å². The summed E-state index contributed by atoms with van der Waals surface area (Å²) in [6.07, 6.45) is 7.21. The van der Waals surface area contributed by atoms with Gasteiger partial charge in [-0.2, -0.15) is 0 Å². The summed E-state index contributed by atoms with van der Waals surface area (Å²) >= 11 is 0. The molecule has 3 atom stereocenters. The Balaban J connectivity index is 2.13. The van der Waals surface area contributed by atoms with Crippen LogP contribution in [0.4, 0.5) is 0 Å². The number of fused-ring (bicyclic) bond motifs is 1. The van der Waals surface area contributed by atoms with Crippen molar-refractivity contribution in [2.75, 3.05) is 0 Å². The van der Waals surface area contributed by atoms with Gasteiger partial charge in [-0.25, -0.2) is 4.79 Å². The standard InChI is InChI=1S/C12H16O3/c1-2-5-10(13)11-8-6-3-4-7-9(8)12(14)15-11/h3-4,7-8,10-11,13H,2,5-6H2,1H3/t8?,10?,11-/m1/s1. The van der Waals surface area contributed by atoms with Crippen molar-refractivity contribution in [1.29, 1.82) is 0 Å². The molecule has 1 aliphatic carbocycles. The highest BCUT2D eigenvalue weighted by Gasteiger charge is 2.42. The predicted molar refractivity (Wildman–Crippen MR) is 56.1 cm³/mol. The topological polar surface area (TPSA) is 46.5 Å². The highest BCUT2D eigenvalue weighted by molar-refractivity contribution is 5.92. The van der Waals surface area contributed by atoms with Gasteiger partial charge in [0, 0.05) is 11.5 Å². The quantitative estimate of drug-likeness (QED) is 0.716. The fourth-order valence-corrected chi connectivity index (χ4v) is 2.26. The molecule has 3 heteroatoms. The number of aliphatic hydroxyl groups excluding tert-OH is 1. The zero-order valence-corrected chi connectivity index (χ0v) is 8.85. The minimum atomic E-state index is -0.527. The summed E-state index contributed by atoms with van der Waals surface area (Å²) in [6, 6.07) is 0. The maximum absolute atomic E-state index is 11.5. The molecule has 2 rings (SSSR count). The maximum Gasteiger partial charge on any atom is 0.334 e. The first-order chi connectivity index (χ1) is 7.24. The van der Waals surface area contributed by atoms with Crippen LogP contribution in [0.2, 0.25) is 0 Å². The van der Waals surface area contributed by atoms with E-state index in [1.54, 1.807) is 6.08 Å². The predicted octanol–water partition coefficient (Wildman–Crippen LogP) is 1.58. The summed E-state index contributed by atoms with van der Waals surface area (Å²) in [5.74, 6) is -0.200. The highest BCUT2D eigenvalue weighted by atomic mass is 16.6. The summed E-state index contributed by atoms with van der Waals surface area (Å²) < 4.78 is 5.23. The molecule has 15 heavy (non-hydrogen) atoms. The van der Waals surface area contributed by atoms with Crippen molar-refractivity contribution in [3.8, 4) is 0 Å². The minimum absolute atomic E-state index is 0.0593. The number of aliphatic hydroxyl groups is 1. The van der Waals surface area contributed by atoms with E-state index in [9.17, 15) is 9.90 Å². The van der Waals surface area contributed by atoms with E-state index in [1.807, 2.05) is 19.1 Å². The number of ether oxygens (including phenoxy) is 1. The third-order valence-corrected chi connectivity index (χ3v) is 3.04. The zero-order valence-electron chi connectivity index (χ0n) is 8.85. The van der Waals surface area contributed by atoms with Crippen LogP contribution in [0.25, 0.3) is 0 Å². The largest absolute Gasteiger partial charge is 0.456 e. The number of esters is 1. The van der Waals surface area contributed by atoms with E-state index in [0.717, 1.165) is 18.4 Å². The van der Waals surface area contributed by atoms with E-state index in [0.29, 0.717) is 6.42 Å². The molecule has 0 spiro atoms. The van der Waals surface area contributed by atoms with Crippen LogP contribution < -0.4 is 0 Å². The van der Waals surface area contributed by atoms with Crippen molar-refractivity contribution in [2.45, 2.75) is 38.4 Å². The van der Waals surface area contributed by atoms with Gasteiger partial charge in [0.25, 0.3) is 0 Å². The van der Waals surface area contributed by atoms with Crippen molar-refractivity contribution < 1.29 is 14.6 Å². The van der Waals surface area contributed by atoms with E-state index in [2.05, 4.69) is 0 Å². The second-order valence-electron chi connectivity index (χ2n) is 4.12. The van der Waals surface area contributed by atoms with Gasteiger partial charge < -0.3 is 9.84 Å². The normalized spacial score (nSPS) is 30.8. The number of cyclic esters (lactones) is 1. The molecule has 1 aliphatic heterocycles. The molecular weight excluding hydrogens is 192 g/mol. The Morgan fingerprint density at radius 2 is 2.47 bits per heavy atom. The van der Waals surface area contributed by atoms with Crippen LogP contribution in [0.3, 0.4) is 0 Å². The molecule has 0 aromatic rings. The van der Waals surface area contributed by atoms with Gasteiger partial charge in [-0.15, -0.1) is 0 Å². The molecule has 1 heterocycles. The molecule has 0 aromatic heterocycles. The molecular formula is C12H16O3. The number of hydrogen-bond acceptors (Lipinski definition) is 3. The third-order valence-electron chi connectivity index (χ3n) is 3.04. The third kappa shape index (κ3) is 1.84. The number of rotatable bonds is 3. The summed E-state index contributed by atoms with van der Waals surface area (Å²) in [4.78, 5) is 11.5. The maximum atomic E-state index is 11.5. The van der Waals surface area contributed by atoms with Crippen molar-refractivity contribution in [3.05, 3.63) is 23.8 Å². The van der Waals surface area contributed by atoms with Gasteiger partial charge in [-0.3, -0.25) is 0 Å². The van der Waals surface area contributed by atoms with Gasteiger partial charge in [-0.1, -0.05) is 31.6 Å². The van der Waals surface area contributed by atoms with E-state index in [-0.39, 0.29) is 18.0 Å². The first kappa shape index (κ1) is 10.4. The van der Waals surface area contributed by atoms with Gasteiger partial charge in [0.05, 0.1) is 6.10 Å². The second kappa shape index (κ2) is 4.19. The van der Waals surface area contributed by atoms with Crippen molar-refractivity contribution >= 4 is 5.97 Å². The fraction of sp³-hybridized carbons (Fsp3) is 0.583. The lowest BCUT2D eigenvalue weighted by molar-refractivity contribution is -0.144. The second-order valence-corrected chi connectivity index (χ2v) is 4.12. The molecule has 2 unspecified atom stereocenters. The molecule has 82 valence electrons. The number of allylic oxidation sites excluding steroid dienone is 3. The van der Waals surface area contributed by atoms with Gasteiger partial charge in [0.1, 0.15) is 6.10 Å². The Kier molecular flexibility index (Phi) is 2.91. The summed E-state index contributed by atoms with van der Waals surface area (Å²) in [6.45, 7) is 2.01. The minimum Gasteiger partial charge on any atom is -0.456 e. The summed E-state index contributed by atoms with van der Waals surface area (Å²) in [5.41, 5.74) is 0.720. The number of hydrogen-bond donors (Lipinski definition) is 1. The number of carbonyl (C=O) groups is 1. The average Bonchev–Trinajstić information content (AvgIpc) is 2.58. The molecule has 0 aromatic carbocycles. The zero-order chi connectivity index (χ0) is 10.8. The first-order valence-electron chi connectivity index (χ1n) is 5.49. The van der Waals surface area contributed by atoms with Crippen LogP contribution in [0.15, 0.2) is 23.8 Å². The van der Waals surface area contributed by atoms with E-state index in [4.69, 9.17) is 4.74 Å². The lowest BCUT2D eigenvalue weighted by Gasteiger charge is -2.22. The molecule has 0 bridgehead atoms. The molecule has 0 radical (unpaired) electrons. The fourth-order valence-electron chi connectivity index (χ4n) is 2.26. The lowest BCUT2D eigenvalue weighted by atomic mass is 9.86. The SMILES string of the molecule is CCCC(O)[C@@H]1OC(=O)C2=CC=CCC21. The van der Waals surface area contributed by atoms with Crippen molar-refractivity contribution in [3.63, 3.8) is 0 Å².